The van der Waals surface area contributed by atoms with E-state index in [0.29, 0.717) is 0 Å². The van der Waals surface area contributed by atoms with Gasteiger partial charge < -0.3 is 4.85 Å². The molecule has 0 aromatic heterocycles. The van der Waals surface area contributed by atoms with Crippen LogP contribution in [0.3, 0.4) is 0 Å². The summed E-state index contributed by atoms with van der Waals surface area (Å²) in [6.07, 6.45) is 0.759. The van der Waals surface area contributed by atoms with Crippen LogP contribution in [-0.2, 0) is 4.79 Å². The fraction of sp³-hybridized carbons (Fsp3) is 0.800. The quantitative estimate of drug-likeness (QED) is 0.546. The highest BCUT2D eigenvalue weighted by Crippen LogP contribution is 2.58. The van der Waals surface area contributed by atoms with Gasteiger partial charge in [-0.15, -0.1) is 0 Å². The van der Waals surface area contributed by atoms with Gasteiger partial charge in [-0.3, -0.25) is 4.79 Å². The Bertz CT molecular complexity index is 256. The second kappa shape index (κ2) is 2.32. The number of Topliss-reactive ketones (excluding diaryl/α,β-unsaturated/α-hetero) is 1. The molecule has 66 valence electrons. The molecule has 0 heterocycles. The zero-order valence-corrected chi connectivity index (χ0v) is 8.14. The summed E-state index contributed by atoms with van der Waals surface area (Å²) in [6.45, 7) is 14.8. The van der Waals surface area contributed by atoms with Crippen molar-refractivity contribution in [2.24, 2.45) is 11.3 Å². The van der Waals surface area contributed by atoms with Crippen molar-refractivity contribution in [2.45, 2.75) is 39.7 Å². The van der Waals surface area contributed by atoms with Gasteiger partial charge in [0, 0.05) is 11.8 Å². The maximum Gasteiger partial charge on any atom is 0.248 e. The van der Waals surface area contributed by atoms with Crippen LogP contribution in [0.4, 0.5) is 0 Å². The number of carbonyl (C=O) groups excluding carboxylic acids is 1. The third-order valence-electron chi connectivity index (χ3n) is 2.92. The minimum atomic E-state index is -0.390. The SMILES string of the molecule is [C-]#[N+][C@@]1(C(C)(C)C)C[C@H]1C(C)=O. The molecule has 0 spiro atoms. The van der Waals surface area contributed by atoms with E-state index in [1.165, 1.54) is 0 Å². The van der Waals surface area contributed by atoms with Gasteiger partial charge in [-0.1, -0.05) is 20.8 Å². The summed E-state index contributed by atoms with van der Waals surface area (Å²) in [6, 6.07) is 0. The summed E-state index contributed by atoms with van der Waals surface area (Å²) >= 11 is 0. The van der Waals surface area contributed by atoms with E-state index in [0.717, 1.165) is 6.42 Å². The van der Waals surface area contributed by atoms with Crippen molar-refractivity contribution in [2.75, 3.05) is 0 Å². The van der Waals surface area contributed by atoms with Crippen molar-refractivity contribution >= 4 is 5.78 Å². The van der Waals surface area contributed by atoms with Crippen LogP contribution in [0.1, 0.15) is 34.1 Å². The van der Waals surface area contributed by atoms with E-state index >= 15 is 0 Å². The molecule has 1 aliphatic carbocycles. The standard InChI is InChI=1S/C10H15NO/c1-7(12)8-6-10(8,11-5)9(2,3)4/h8H,6H2,1-4H3/t8-,10-/m0/s1. The Hall–Kier alpha value is -0.840. The molecule has 0 radical (unpaired) electrons. The molecule has 1 fully saturated rings. The van der Waals surface area contributed by atoms with Crippen molar-refractivity contribution in [1.29, 1.82) is 0 Å². The molecule has 2 heteroatoms. The smallest absolute Gasteiger partial charge is 0.248 e. The van der Waals surface area contributed by atoms with Crippen LogP contribution >= 0.6 is 0 Å². The average Bonchev–Trinajstić information content (AvgIpc) is 2.59. The number of hydrogen-bond acceptors (Lipinski definition) is 1. The Kier molecular flexibility index (Phi) is 1.79. The van der Waals surface area contributed by atoms with Gasteiger partial charge >= 0.3 is 0 Å². The third kappa shape index (κ3) is 1.04. The van der Waals surface area contributed by atoms with Gasteiger partial charge in [0.05, 0.1) is 0 Å². The van der Waals surface area contributed by atoms with Crippen LogP contribution in [0.25, 0.3) is 4.85 Å². The largest absolute Gasteiger partial charge is 0.309 e. The van der Waals surface area contributed by atoms with Crippen molar-refractivity contribution in [3.8, 4) is 0 Å². The Morgan fingerprint density at radius 2 is 2.08 bits per heavy atom. The highest BCUT2D eigenvalue weighted by atomic mass is 16.1. The Balaban J connectivity index is 2.88. The van der Waals surface area contributed by atoms with Crippen LogP contribution in [-0.4, -0.2) is 11.3 Å². The van der Waals surface area contributed by atoms with Gasteiger partial charge in [0.25, 0.3) is 0 Å². The van der Waals surface area contributed by atoms with Gasteiger partial charge in [-0.25, -0.2) is 6.57 Å². The fourth-order valence-electron chi connectivity index (χ4n) is 1.85. The van der Waals surface area contributed by atoms with Gasteiger partial charge in [-0.2, -0.15) is 0 Å². The molecule has 0 aromatic rings. The minimum Gasteiger partial charge on any atom is -0.309 e. The lowest BCUT2D eigenvalue weighted by Gasteiger charge is -2.20. The highest BCUT2D eigenvalue weighted by Gasteiger charge is 2.71. The third-order valence-corrected chi connectivity index (χ3v) is 2.92. The summed E-state index contributed by atoms with van der Waals surface area (Å²) in [5, 5.41) is 0. The predicted molar refractivity (Wildman–Crippen MR) is 47.6 cm³/mol. The van der Waals surface area contributed by atoms with Crippen molar-refractivity contribution in [3.63, 3.8) is 0 Å². The summed E-state index contributed by atoms with van der Waals surface area (Å²) in [7, 11) is 0. The van der Waals surface area contributed by atoms with E-state index in [-0.39, 0.29) is 17.1 Å². The maximum atomic E-state index is 11.1. The van der Waals surface area contributed by atoms with E-state index < -0.39 is 5.54 Å². The van der Waals surface area contributed by atoms with Gasteiger partial charge in [0.2, 0.25) is 5.54 Å². The van der Waals surface area contributed by atoms with Crippen LogP contribution in [0.15, 0.2) is 0 Å². The second-order valence-corrected chi connectivity index (χ2v) is 4.65. The fourth-order valence-corrected chi connectivity index (χ4v) is 1.85. The first-order valence-corrected chi connectivity index (χ1v) is 4.24. The molecule has 2 atom stereocenters. The van der Waals surface area contributed by atoms with E-state index in [1.807, 2.05) is 20.8 Å². The lowest BCUT2D eigenvalue weighted by molar-refractivity contribution is -0.118. The first-order valence-electron chi connectivity index (χ1n) is 4.24. The average molecular weight is 165 g/mol. The molecule has 1 rings (SSSR count). The van der Waals surface area contributed by atoms with Crippen LogP contribution in [0.2, 0.25) is 0 Å². The molecule has 2 nitrogen and oxygen atoms in total. The molecule has 0 aliphatic heterocycles. The predicted octanol–water partition coefficient (Wildman–Crippen LogP) is 2.30. The Labute approximate surface area is 73.8 Å². The van der Waals surface area contributed by atoms with E-state index in [1.54, 1.807) is 6.92 Å². The lowest BCUT2D eigenvalue weighted by atomic mass is 9.82. The van der Waals surface area contributed by atoms with Gasteiger partial charge in [0.15, 0.2) is 0 Å². The number of nitrogens with zero attached hydrogens (tertiary/aromatic N) is 1. The lowest BCUT2D eigenvalue weighted by Crippen LogP contribution is -2.28. The maximum absolute atomic E-state index is 11.1. The summed E-state index contributed by atoms with van der Waals surface area (Å²) in [4.78, 5) is 14.7. The molecule has 0 unspecified atom stereocenters. The highest BCUT2D eigenvalue weighted by molar-refractivity contribution is 5.84. The topological polar surface area (TPSA) is 21.4 Å². The molecule has 1 saturated carbocycles. The monoisotopic (exact) mass is 165 g/mol. The molecule has 0 bridgehead atoms. The van der Waals surface area contributed by atoms with E-state index in [2.05, 4.69) is 4.85 Å². The summed E-state index contributed by atoms with van der Waals surface area (Å²) in [5.74, 6) is 0.163. The van der Waals surface area contributed by atoms with Gasteiger partial charge in [0.1, 0.15) is 11.7 Å². The molecule has 1 aliphatic rings. The zero-order chi connectivity index (χ0) is 9.57. The van der Waals surface area contributed by atoms with Gasteiger partial charge in [-0.05, 0) is 6.92 Å². The van der Waals surface area contributed by atoms with E-state index in [9.17, 15) is 4.79 Å². The van der Waals surface area contributed by atoms with Crippen LogP contribution < -0.4 is 0 Å². The minimum absolute atomic E-state index is 0.00463. The molecule has 12 heavy (non-hydrogen) atoms. The number of ketones is 1. The number of carbonyl (C=O) groups is 1. The number of hydrogen-bond donors (Lipinski definition) is 0. The van der Waals surface area contributed by atoms with Crippen LogP contribution in [0, 0.1) is 17.9 Å². The number of rotatable bonds is 1. The van der Waals surface area contributed by atoms with Crippen molar-refractivity contribution in [1.82, 2.24) is 0 Å². The molecule has 0 N–H and O–H groups in total. The first kappa shape index (κ1) is 9.25. The molecule has 0 saturated heterocycles. The Morgan fingerprint density at radius 1 is 1.58 bits per heavy atom. The summed E-state index contributed by atoms with van der Waals surface area (Å²) in [5.41, 5.74) is -0.454. The summed E-state index contributed by atoms with van der Waals surface area (Å²) < 4.78 is 0. The van der Waals surface area contributed by atoms with E-state index in [4.69, 9.17) is 6.57 Å². The first-order chi connectivity index (χ1) is 5.35. The second-order valence-electron chi connectivity index (χ2n) is 4.65. The molecular weight excluding hydrogens is 150 g/mol. The molecular formula is C10H15NO. The molecule has 0 aromatic carbocycles. The van der Waals surface area contributed by atoms with Crippen LogP contribution in [0.5, 0.6) is 0 Å². The Morgan fingerprint density at radius 3 is 2.17 bits per heavy atom. The van der Waals surface area contributed by atoms with Crippen molar-refractivity contribution in [3.05, 3.63) is 11.4 Å². The normalized spacial score (nSPS) is 34.1. The van der Waals surface area contributed by atoms with Crippen molar-refractivity contribution < 1.29 is 4.79 Å². The zero-order valence-electron chi connectivity index (χ0n) is 8.14. The molecule has 0 amide bonds.